The fraction of sp³-hybridized carbons (Fsp3) is 0.667. The minimum Gasteiger partial charge on any atom is -0.273 e. The highest BCUT2D eigenvalue weighted by molar-refractivity contribution is 9.09. The molecule has 1 heterocycles. The molecule has 0 bridgehead atoms. The number of aromatic nitrogens is 2. The van der Waals surface area contributed by atoms with Gasteiger partial charge in [-0.1, -0.05) is 22.9 Å². The Balaban J connectivity index is 2.38. The van der Waals surface area contributed by atoms with E-state index in [4.69, 9.17) is 0 Å². The van der Waals surface area contributed by atoms with E-state index in [1.54, 1.807) is 0 Å². The number of hydrogen-bond donors (Lipinski definition) is 0. The molecule has 1 rings (SSSR count). The first-order valence-electron chi connectivity index (χ1n) is 4.27. The van der Waals surface area contributed by atoms with Gasteiger partial charge >= 0.3 is 0 Å². The van der Waals surface area contributed by atoms with Gasteiger partial charge in [0.15, 0.2) is 0 Å². The van der Waals surface area contributed by atoms with Crippen molar-refractivity contribution in [2.45, 2.75) is 19.8 Å². The predicted octanol–water partition coefficient (Wildman–Crippen LogP) is 2.38. The highest BCUT2D eigenvalue weighted by Gasteiger charge is 2.02. The van der Waals surface area contributed by atoms with Gasteiger partial charge in [0, 0.05) is 24.3 Å². The van der Waals surface area contributed by atoms with Crippen LogP contribution in [0.4, 0.5) is 0 Å². The molecule has 0 aliphatic heterocycles. The summed E-state index contributed by atoms with van der Waals surface area (Å²) in [5.41, 5.74) is 1.32. The SMILES string of the molecule is CC(CBr)CCc1ccnn1C. The maximum absolute atomic E-state index is 4.13. The van der Waals surface area contributed by atoms with E-state index in [0.717, 1.165) is 17.7 Å². The summed E-state index contributed by atoms with van der Waals surface area (Å²) in [4.78, 5) is 0. The van der Waals surface area contributed by atoms with Gasteiger partial charge in [0.1, 0.15) is 0 Å². The molecule has 0 saturated heterocycles. The number of hydrogen-bond acceptors (Lipinski definition) is 1. The number of halogens is 1. The smallest absolute Gasteiger partial charge is 0.0492 e. The summed E-state index contributed by atoms with van der Waals surface area (Å²) in [6.07, 6.45) is 4.21. The summed E-state index contributed by atoms with van der Waals surface area (Å²) < 4.78 is 1.95. The Morgan fingerprint density at radius 3 is 2.92 bits per heavy atom. The van der Waals surface area contributed by atoms with Crippen LogP contribution in [0.3, 0.4) is 0 Å². The number of alkyl halides is 1. The average molecular weight is 231 g/mol. The van der Waals surface area contributed by atoms with Crippen LogP contribution in [0, 0.1) is 5.92 Å². The van der Waals surface area contributed by atoms with Gasteiger partial charge in [0.2, 0.25) is 0 Å². The van der Waals surface area contributed by atoms with Crippen molar-refractivity contribution in [3.8, 4) is 0 Å². The standard InChI is InChI=1S/C9H15BrN2/c1-8(7-10)3-4-9-5-6-11-12(9)2/h5-6,8H,3-4,7H2,1-2H3. The Morgan fingerprint density at radius 1 is 1.67 bits per heavy atom. The molecule has 3 heteroatoms. The minimum atomic E-state index is 0.750. The van der Waals surface area contributed by atoms with Crippen LogP contribution >= 0.6 is 15.9 Å². The van der Waals surface area contributed by atoms with Gasteiger partial charge in [-0.25, -0.2) is 0 Å². The van der Waals surface area contributed by atoms with Gasteiger partial charge in [-0.15, -0.1) is 0 Å². The van der Waals surface area contributed by atoms with Crippen molar-refractivity contribution in [1.82, 2.24) is 9.78 Å². The lowest BCUT2D eigenvalue weighted by Crippen LogP contribution is -2.02. The van der Waals surface area contributed by atoms with Crippen molar-refractivity contribution in [1.29, 1.82) is 0 Å². The van der Waals surface area contributed by atoms with Crippen LogP contribution in [0.15, 0.2) is 12.3 Å². The van der Waals surface area contributed by atoms with E-state index in [9.17, 15) is 0 Å². The molecule has 0 spiro atoms. The van der Waals surface area contributed by atoms with Gasteiger partial charge < -0.3 is 0 Å². The molecule has 0 aliphatic carbocycles. The molecule has 2 nitrogen and oxygen atoms in total. The summed E-state index contributed by atoms with van der Waals surface area (Å²) in [5.74, 6) is 0.750. The van der Waals surface area contributed by atoms with Crippen LogP contribution in [0.1, 0.15) is 19.0 Å². The molecule has 0 aliphatic rings. The average Bonchev–Trinajstić information content (AvgIpc) is 2.47. The molecular weight excluding hydrogens is 216 g/mol. The molecule has 68 valence electrons. The van der Waals surface area contributed by atoms with Crippen LogP contribution in [-0.2, 0) is 13.5 Å². The third-order valence-corrected chi connectivity index (χ3v) is 3.18. The molecule has 1 aromatic rings. The van der Waals surface area contributed by atoms with E-state index < -0.39 is 0 Å². The molecule has 1 unspecified atom stereocenters. The van der Waals surface area contributed by atoms with Crippen LogP contribution in [0.5, 0.6) is 0 Å². The van der Waals surface area contributed by atoms with E-state index in [0.29, 0.717) is 0 Å². The molecule has 12 heavy (non-hydrogen) atoms. The minimum absolute atomic E-state index is 0.750. The molecule has 0 N–H and O–H groups in total. The molecule has 0 aromatic carbocycles. The van der Waals surface area contributed by atoms with E-state index in [2.05, 4.69) is 34.0 Å². The largest absolute Gasteiger partial charge is 0.273 e. The number of aryl methyl sites for hydroxylation is 2. The van der Waals surface area contributed by atoms with Gasteiger partial charge in [0.25, 0.3) is 0 Å². The summed E-state index contributed by atoms with van der Waals surface area (Å²) in [5, 5.41) is 5.21. The van der Waals surface area contributed by atoms with E-state index >= 15 is 0 Å². The first-order chi connectivity index (χ1) is 5.74. The highest BCUT2D eigenvalue weighted by Crippen LogP contribution is 2.10. The highest BCUT2D eigenvalue weighted by atomic mass is 79.9. The first-order valence-corrected chi connectivity index (χ1v) is 5.39. The second-order valence-corrected chi connectivity index (χ2v) is 3.89. The summed E-state index contributed by atoms with van der Waals surface area (Å²) in [7, 11) is 1.99. The number of rotatable bonds is 4. The van der Waals surface area contributed by atoms with Crippen molar-refractivity contribution in [2.75, 3.05) is 5.33 Å². The quantitative estimate of drug-likeness (QED) is 0.727. The Hall–Kier alpha value is -0.310. The maximum atomic E-state index is 4.13. The lowest BCUT2D eigenvalue weighted by atomic mass is 10.1. The lowest BCUT2D eigenvalue weighted by Gasteiger charge is -2.06. The van der Waals surface area contributed by atoms with Crippen molar-refractivity contribution in [2.24, 2.45) is 13.0 Å². The zero-order valence-corrected chi connectivity index (χ0v) is 9.21. The Bertz CT molecular complexity index is 232. The third-order valence-electron chi connectivity index (χ3n) is 2.08. The predicted molar refractivity (Wildman–Crippen MR) is 54.5 cm³/mol. The van der Waals surface area contributed by atoms with E-state index in [1.165, 1.54) is 12.1 Å². The first kappa shape index (κ1) is 9.78. The van der Waals surface area contributed by atoms with Crippen molar-refractivity contribution < 1.29 is 0 Å². The second kappa shape index (κ2) is 4.65. The molecule has 0 amide bonds. The van der Waals surface area contributed by atoms with E-state index in [-0.39, 0.29) is 0 Å². The molecule has 0 radical (unpaired) electrons. The maximum Gasteiger partial charge on any atom is 0.0492 e. The summed E-state index contributed by atoms with van der Waals surface area (Å²) >= 11 is 3.48. The van der Waals surface area contributed by atoms with E-state index in [1.807, 2.05) is 17.9 Å². The Kier molecular flexibility index (Phi) is 3.79. The van der Waals surface area contributed by atoms with Crippen molar-refractivity contribution in [3.63, 3.8) is 0 Å². The summed E-state index contributed by atoms with van der Waals surface area (Å²) in [6.45, 7) is 2.26. The molecule has 1 aromatic heterocycles. The van der Waals surface area contributed by atoms with Crippen molar-refractivity contribution >= 4 is 15.9 Å². The molecular formula is C9H15BrN2. The van der Waals surface area contributed by atoms with Crippen molar-refractivity contribution in [3.05, 3.63) is 18.0 Å². The topological polar surface area (TPSA) is 17.8 Å². The van der Waals surface area contributed by atoms with Crippen LogP contribution in [0.25, 0.3) is 0 Å². The van der Waals surface area contributed by atoms with Gasteiger partial charge in [-0.05, 0) is 24.8 Å². The summed E-state index contributed by atoms with van der Waals surface area (Å²) in [6, 6.07) is 2.08. The van der Waals surface area contributed by atoms with Crippen LogP contribution in [-0.4, -0.2) is 15.1 Å². The monoisotopic (exact) mass is 230 g/mol. The Labute approximate surface area is 82.1 Å². The van der Waals surface area contributed by atoms with Gasteiger partial charge in [-0.2, -0.15) is 5.10 Å². The van der Waals surface area contributed by atoms with Gasteiger partial charge in [-0.3, -0.25) is 4.68 Å². The van der Waals surface area contributed by atoms with Crippen LogP contribution < -0.4 is 0 Å². The normalized spacial score (nSPS) is 13.2. The zero-order chi connectivity index (χ0) is 8.97. The third kappa shape index (κ3) is 2.63. The zero-order valence-electron chi connectivity index (χ0n) is 7.63. The second-order valence-electron chi connectivity index (χ2n) is 3.24. The molecule has 0 saturated carbocycles. The fourth-order valence-corrected chi connectivity index (χ4v) is 1.44. The lowest BCUT2D eigenvalue weighted by molar-refractivity contribution is 0.575. The van der Waals surface area contributed by atoms with Crippen LogP contribution in [0.2, 0.25) is 0 Å². The molecule has 0 fully saturated rings. The molecule has 1 atom stereocenters. The number of nitrogens with zero attached hydrogens (tertiary/aromatic N) is 2. The van der Waals surface area contributed by atoms with Gasteiger partial charge in [0.05, 0.1) is 0 Å². The fourth-order valence-electron chi connectivity index (χ4n) is 1.12. The Morgan fingerprint density at radius 2 is 2.42 bits per heavy atom.